The molecule has 0 fully saturated rings. The van der Waals surface area contributed by atoms with Crippen molar-refractivity contribution in [2.75, 3.05) is 5.75 Å². The smallest absolute Gasteiger partial charge is 0.221 e. The number of hydrogen-bond acceptors (Lipinski definition) is 4. The third kappa shape index (κ3) is 2.73. The van der Waals surface area contributed by atoms with Crippen molar-refractivity contribution in [3.63, 3.8) is 0 Å². The van der Waals surface area contributed by atoms with Gasteiger partial charge < -0.3 is 9.88 Å². The molecular weight excluding hydrogens is 200 g/mol. The summed E-state index contributed by atoms with van der Waals surface area (Å²) in [6.45, 7) is 1.88. The normalized spacial score (nSPS) is 12.5. The Balaban J connectivity index is 2.54. The highest BCUT2D eigenvalue weighted by Gasteiger charge is 2.13. The molecule has 0 spiro atoms. The van der Waals surface area contributed by atoms with Gasteiger partial charge in [0.25, 0.3) is 0 Å². The predicted octanol–water partition coefficient (Wildman–Crippen LogP) is 0.312. The van der Waals surface area contributed by atoms with Gasteiger partial charge in [-0.2, -0.15) is 12.6 Å². The Morgan fingerprint density at radius 2 is 2.50 bits per heavy atom. The van der Waals surface area contributed by atoms with Gasteiger partial charge in [0, 0.05) is 13.5 Å². The average molecular weight is 214 g/mol. The van der Waals surface area contributed by atoms with Crippen LogP contribution < -0.4 is 5.32 Å². The van der Waals surface area contributed by atoms with E-state index < -0.39 is 0 Å². The van der Waals surface area contributed by atoms with Crippen molar-refractivity contribution in [3.8, 4) is 0 Å². The van der Waals surface area contributed by atoms with Crippen LogP contribution in [0.2, 0.25) is 0 Å². The predicted molar refractivity (Wildman–Crippen MR) is 56.0 cm³/mol. The summed E-state index contributed by atoms with van der Waals surface area (Å²) < 4.78 is 1.78. The van der Waals surface area contributed by atoms with Gasteiger partial charge in [-0.1, -0.05) is 0 Å². The number of rotatable bonds is 4. The molecular formula is C8H14N4OS. The SMILES string of the molecule is CC(NC(=O)CCS)c1nncn1C. The second-order valence-electron chi connectivity index (χ2n) is 3.06. The maximum Gasteiger partial charge on any atom is 0.221 e. The van der Waals surface area contributed by atoms with Crippen LogP contribution in [0.15, 0.2) is 6.33 Å². The lowest BCUT2D eigenvalue weighted by molar-refractivity contribution is -0.121. The average Bonchev–Trinajstić information content (AvgIpc) is 2.51. The molecule has 1 unspecified atom stereocenters. The molecule has 1 atom stereocenters. The van der Waals surface area contributed by atoms with Crippen molar-refractivity contribution >= 4 is 18.5 Å². The van der Waals surface area contributed by atoms with Gasteiger partial charge in [0.05, 0.1) is 6.04 Å². The van der Waals surface area contributed by atoms with Gasteiger partial charge in [0.2, 0.25) is 5.91 Å². The fraction of sp³-hybridized carbons (Fsp3) is 0.625. The standard InChI is InChI=1S/C8H14N4OS/c1-6(10-7(13)3-4-14)8-11-9-5-12(8)2/h5-6,14H,3-4H2,1-2H3,(H,10,13). The highest BCUT2D eigenvalue weighted by Crippen LogP contribution is 2.06. The summed E-state index contributed by atoms with van der Waals surface area (Å²) in [5.41, 5.74) is 0. The molecule has 0 saturated heterocycles. The number of nitrogens with one attached hydrogen (secondary N) is 1. The molecule has 1 heterocycles. The van der Waals surface area contributed by atoms with Crippen LogP contribution in [0, 0.1) is 0 Å². The first-order valence-electron chi connectivity index (χ1n) is 4.39. The minimum atomic E-state index is -0.116. The summed E-state index contributed by atoms with van der Waals surface area (Å²) in [4.78, 5) is 11.2. The van der Waals surface area contributed by atoms with Gasteiger partial charge in [-0.15, -0.1) is 10.2 Å². The number of aromatic nitrogens is 3. The Morgan fingerprint density at radius 1 is 1.79 bits per heavy atom. The van der Waals surface area contributed by atoms with Crippen LogP contribution >= 0.6 is 12.6 Å². The molecule has 1 rings (SSSR count). The summed E-state index contributed by atoms with van der Waals surface area (Å²) in [6.07, 6.45) is 2.03. The van der Waals surface area contributed by atoms with E-state index in [1.54, 1.807) is 10.9 Å². The fourth-order valence-electron chi connectivity index (χ4n) is 1.16. The molecule has 0 saturated carbocycles. The third-order valence-electron chi connectivity index (χ3n) is 1.85. The molecule has 0 aliphatic rings. The molecule has 0 bridgehead atoms. The van der Waals surface area contributed by atoms with E-state index in [-0.39, 0.29) is 11.9 Å². The van der Waals surface area contributed by atoms with Crippen LogP contribution in [-0.2, 0) is 11.8 Å². The number of thiol groups is 1. The van der Waals surface area contributed by atoms with Crippen molar-refractivity contribution in [2.45, 2.75) is 19.4 Å². The maximum absolute atomic E-state index is 11.2. The molecule has 5 nitrogen and oxygen atoms in total. The second-order valence-corrected chi connectivity index (χ2v) is 3.51. The molecule has 0 aliphatic heterocycles. The van der Waals surface area contributed by atoms with Crippen LogP contribution in [0.1, 0.15) is 25.2 Å². The van der Waals surface area contributed by atoms with E-state index in [4.69, 9.17) is 0 Å². The minimum Gasteiger partial charge on any atom is -0.346 e. The molecule has 78 valence electrons. The fourth-order valence-corrected chi connectivity index (χ4v) is 1.37. The first-order chi connectivity index (χ1) is 6.65. The molecule has 1 aromatic rings. The summed E-state index contributed by atoms with van der Waals surface area (Å²) in [7, 11) is 1.84. The van der Waals surface area contributed by atoms with Gasteiger partial charge in [0.1, 0.15) is 6.33 Å². The van der Waals surface area contributed by atoms with E-state index in [0.717, 1.165) is 5.82 Å². The summed E-state index contributed by atoms with van der Waals surface area (Å²) >= 11 is 3.98. The van der Waals surface area contributed by atoms with Crippen molar-refractivity contribution in [1.29, 1.82) is 0 Å². The zero-order valence-electron chi connectivity index (χ0n) is 8.27. The Labute approximate surface area is 88.3 Å². The molecule has 1 amide bonds. The summed E-state index contributed by atoms with van der Waals surface area (Å²) in [6, 6.07) is -0.116. The van der Waals surface area contributed by atoms with E-state index in [2.05, 4.69) is 28.1 Å². The topological polar surface area (TPSA) is 59.8 Å². The van der Waals surface area contributed by atoms with Crippen molar-refractivity contribution < 1.29 is 4.79 Å². The van der Waals surface area contributed by atoms with Crippen molar-refractivity contribution in [3.05, 3.63) is 12.2 Å². The van der Waals surface area contributed by atoms with Gasteiger partial charge in [-0.05, 0) is 12.7 Å². The van der Waals surface area contributed by atoms with Crippen LogP contribution in [0.25, 0.3) is 0 Å². The molecule has 0 aliphatic carbocycles. The number of nitrogens with zero attached hydrogens (tertiary/aromatic N) is 3. The van der Waals surface area contributed by atoms with E-state index in [1.165, 1.54) is 0 Å². The van der Waals surface area contributed by atoms with Crippen LogP contribution in [0.4, 0.5) is 0 Å². The first kappa shape index (κ1) is 11.0. The van der Waals surface area contributed by atoms with Crippen LogP contribution in [0.5, 0.6) is 0 Å². The molecule has 1 aromatic heterocycles. The Hall–Kier alpha value is -1.04. The third-order valence-corrected chi connectivity index (χ3v) is 2.07. The van der Waals surface area contributed by atoms with Crippen LogP contribution in [0.3, 0.4) is 0 Å². The quantitative estimate of drug-likeness (QED) is 0.709. The Morgan fingerprint density at radius 3 is 3.00 bits per heavy atom. The van der Waals surface area contributed by atoms with E-state index in [1.807, 2.05) is 14.0 Å². The lowest BCUT2D eigenvalue weighted by Gasteiger charge is -2.12. The van der Waals surface area contributed by atoms with E-state index >= 15 is 0 Å². The minimum absolute atomic E-state index is 0.0181. The maximum atomic E-state index is 11.2. The number of carbonyl (C=O) groups is 1. The van der Waals surface area contributed by atoms with Crippen molar-refractivity contribution in [1.82, 2.24) is 20.1 Å². The van der Waals surface area contributed by atoms with E-state index in [9.17, 15) is 4.79 Å². The highest BCUT2D eigenvalue weighted by molar-refractivity contribution is 7.80. The largest absolute Gasteiger partial charge is 0.346 e. The van der Waals surface area contributed by atoms with Gasteiger partial charge in [-0.3, -0.25) is 4.79 Å². The molecule has 0 radical (unpaired) electrons. The number of amides is 1. The van der Waals surface area contributed by atoms with E-state index in [0.29, 0.717) is 12.2 Å². The first-order valence-corrected chi connectivity index (χ1v) is 5.02. The van der Waals surface area contributed by atoms with Gasteiger partial charge >= 0.3 is 0 Å². The highest BCUT2D eigenvalue weighted by atomic mass is 32.1. The monoisotopic (exact) mass is 214 g/mol. The lowest BCUT2D eigenvalue weighted by atomic mass is 10.3. The molecule has 14 heavy (non-hydrogen) atoms. The number of carbonyl (C=O) groups excluding carboxylic acids is 1. The lowest BCUT2D eigenvalue weighted by Crippen LogP contribution is -2.28. The second kappa shape index (κ2) is 4.99. The molecule has 6 heteroatoms. The van der Waals surface area contributed by atoms with Crippen LogP contribution in [-0.4, -0.2) is 26.4 Å². The Bertz CT molecular complexity index is 312. The van der Waals surface area contributed by atoms with Gasteiger partial charge in [-0.25, -0.2) is 0 Å². The zero-order valence-corrected chi connectivity index (χ0v) is 9.16. The number of hydrogen-bond donors (Lipinski definition) is 2. The van der Waals surface area contributed by atoms with Crippen molar-refractivity contribution in [2.24, 2.45) is 7.05 Å². The summed E-state index contributed by atoms with van der Waals surface area (Å²) in [5, 5.41) is 10.5. The molecule has 1 N–H and O–H groups in total. The molecule has 0 aromatic carbocycles. The van der Waals surface area contributed by atoms with Gasteiger partial charge in [0.15, 0.2) is 5.82 Å². The summed E-state index contributed by atoms with van der Waals surface area (Å²) in [5.74, 6) is 1.28. The number of aryl methyl sites for hydroxylation is 1. The Kier molecular flexibility index (Phi) is 3.94. The zero-order chi connectivity index (χ0) is 10.6.